The standard InChI is InChI=1S/C13H15NO3/c1-2-9-4-3-5-11(6-9)14-8-10(13(16)17)7-12(14)15/h3-6,10H,2,7-8H2,1H3,(H,16,17). The van der Waals surface area contributed by atoms with E-state index in [-0.39, 0.29) is 18.9 Å². The summed E-state index contributed by atoms with van der Waals surface area (Å²) < 4.78 is 0. The zero-order chi connectivity index (χ0) is 12.4. The van der Waals surface area contributed by atoms with Gasteiger partial charge in [-0.25, -0.2) is 0 Å². The first kappa shape index (κ1) is 11.6. The van der Waals surface area contributed by atoms with Gasteiger partial charge in [0.25, 0.3) is 0 Å². The number of nitrogens with zero attached hydrogens (tertiary/aromatic N) is 1. The molecule has 90 valence electrons. The molecule has 0 saturated carbocycles. The third-order valence-corrected chi connectivity index (χ3v) is 3.10. The number of aryl methyl sites for hydroxylation is 1. The third-order valence-electron chi connectivity index (χ3n) is 3.10. The Hall–Kier alpha value is -1.84. The SMILES string of the molecule is CCc1cccc(N2CC(C(=O)O)CC2=O)c1. The van der Waals surface area contributed by atoms with Crippen LogP contribution in [-0.4, -0.2) is 23.5 Å². The lowest BCUT2D eigenvalue weighted by Crippen LogP contribution is -2.25. The number of carbonyl (C=O) groups excluding carboxylic acids is 1. The van der Waals surface area contributed by atoms with Crippen LogP contribution in [0.3, 0.4) is 0 Å². The summed E-state index contributed by atoms with van der Waals surface area (Å²) >= 11 is 0. The van der Waals surface area contributed by atoms with E-state index in [1.165, 1.54) is 0 Å². The van der Waals surface area contributed by atoms with Gasteiger partial charge in [0, 0.05) is 18.7 Å². The molecular weight excluding hydrogens is 218 g/mol. The summed E-state index contributed by atoms with van der Waals surface area (Å²) in [5.74, 6) is -1.58. The fourth-order valence-electron chi connectivity index (χ4n) is 2.07. The number of carboxylic acids is 1. The Morgan fingerprint density at radius 3 is 2.88 bits per heavy atom. The molecule has 1 heterocycles. The van der Waals surface area contributed by atoms with Crippen molar-refractivity contribution in [1.82, 2.24) is 0 Å². The first-order chi connectivity index (χ1) is 8.11. The van der Waals surface area contributed by atoms with E-state index in [0.29, 0.717) is 0 Å². The van der Waals surface area contributed by atoms with Crippen LogP contribution in [-0.2, 0) is 16.0 Å². The molecule has 4 heteroatoms. The largest absolute Gasteiger partial charge is 0.481 e. The molecule has 1 saturated heterocycles. The minimum Gasteiger partial charge on any atom is -0.481 e. The number of anilines is 1. The molecule has 1 aromatic carbocycles. The van der Waals surface area contributed by atoms with Crippen LogP contribution in [0, 0.1) is 5.92 Å². The van der Waals surface area contributed by atoms with Crippen LogP contribution in [0.25, 0.3) is 0 Å². The minimum absolute atomic E-state index is 0.103. The second kappa shape index (κ2) is 4.57. The molecule has 4 nitrogen and oxygen atoms in total. The number of aliphatic carboxylic acids is 1. The maximum Gasteiger partial charge on any atom is 0.308 e. The first-order valence-electron chi connectivity index (χ1n) is 5.74. The minimum atomic E-state index is -0.896. The lowest BCUT2D eigenvalue weighted by Gasteiger charge is -2.16. The summed E-state index contributed by atoms with van der Waals surface area (Å²) in [6, 6.07) is 7.69. The summed E-state index contributed by atoms with van der Waals surface area (Å²) in [7, 11) is 0. The maximum atomic E-state index is 11.8. The lowest BCUT2D eigenvalue weighted by atomic mass is 10.1. The average molecular weight is 233 g/mol. The Kier molecular flexibility index (Phi) is 3.13. The van der Waals surface area contributed by atoms with Crippen molar-refractivity contribution in [3.05, 3.63) is 29.8 Å². The van der Waals surface area contributed by atoms with Crippen molar-refractivity contribution in [2.45, 2.75) is 19.8 Å². The number of carboxylic acid groups (broad SMARTS) is 1. The van der Waals surface area contributed by atoms with Crippen LogP contribution in [0.4, 0.5) is 5.69 Å². The topological polar surface area (TPSA) is 57.6 Å². The van der Waals surface area contributed by atoms with E-state index in [1.54, 1.807) is 4.90 Å². The molecule has 1 atom stereocenters. The molecule has 1 aliphatic heterocycles. The van der Waals surface area contributed by atoms with Crippen LogP contribution >= 0.6 is 0 Å². The number of hydrogen-bond acceptors (Lipinski definition) is 2. The molecule has 1 unspecified atom stereocenters. The van der Waals surface area contributed by atoms with Crippen molar-refractivity contribution in [2.75, 3.05) is 11.4 Å². The molecule has 1 N–H and O–H groups in total. The molecular formula is C13H15NO3. The highest BCUT2D eigenvalue weighted by Crippen LogP contribution is 2.25. The van der Waals surface area contributed by atoms with Gasteiger partial charge in [-0.05, 0) is 24.1 Å². The second-order valence-electron chi connectivity index (χ2n) is 4.27. The normalized spacial score (nSPS) is 19.7. The quantitative estimate of drug-likeness (QED) is 0.864. The summed E-state index contributed by atoms with van der Waals surface area (Å²) in [5, 5.41) is 8.92. The molecule has 0 aromatic heterocycles. The fourth-order valence-corrected chi connectivity index (χ4v) is 2.07. The van der Waals surface area contributed by atoms with Crippen molar-refractivity contribution in [3.63, 3.8) is 0 Å². The van der Waals surface area contributed by atoms with E-state index >= 15 is 0 Å². The molecule has 1 aromatic rings. The van der Waals surface area contributed by atoms with Gasteiger partial charge in [0.2, 0.25) is 5.91 Å². The zero-order valence-electron chi connectivity index (χ0n) is 9.72. The van der Waals surface area contributed by atoms with Gasteiger partial charge >= 0.3 is 5.97 Å². The fraction of sp³-hybridized carbons (Fsp3) is 0.385. The summed E-state index contributed by atoms with van der Waals surface area (Å²) in [6.07, 6.45) is 1.00. The molecule has 1 amide bonds. The van der Waals surface area contributed by atoms with Crippen LogP contribution < -0.4 is 4.90 Å². The average Bonchev–Trinajstić information content (AvgIpc) is 2.72. The number of benzene rings is 1. The molecule has 17 heavy (non-hydrogen) atoms. The monoisotopic (exact) mass is 233 g/mol. The lowest BCUT2D eigenvalue weighted by molar-refractivity contribution is -0.141. The van der Waals surface area contributed by atoms with Crippen molar-refractivity contribution >= 4 is 17.6 Å². The van der Waals surface area contributed by atoms with E-state index in [0.717, 1.165) is 17.7 Å². The number of amides is 1. The molecule has 0 spiro atoms. The Bertz CT molecular complexity index is 456. The van der Waals surface area contributed by atoms with E-state index in [2.05, 4.69) is 0 Å². The van der Waals surface area contributed by atoms with E-state index in [1.807, 2.05) is 31.2 Å². The van der Waals surface area contributed by atoms with Crippen LogP contribution in [0.2, 0.25) is 0 Å². The highest BCUT2D eigenvalue weighted by atomic mass is 16.4. The summed E-state index contributed by atoms with van der Waals surface area (Å²) in [5.41, 5.74) is 1.95. The van der Waals surface area contributed by atoms with Gasteiger partial charge in [0.05, 0.1) is 5.92 Å². The van der Waals surface area contributed by atoms with E-state index < -0.39 is 11.9 Å². The van der Waals surface area contributed by atoms with Crippen molar-refractivity contribution in [2.24, 2.45) is 5.92 Å². The van der Waals surface area contributed by atoms with E-state index in [9.17, 15) is 9.59 Å². The molecule has 0 radical (unpaired) electrons. The zero-order valence-corrected chi connectivity index (χ0v) is 9.72. The molecule has 0 aliphatic carbocycles. The van der Waals surface area contributed by atoms with Gasteiger partial charge in [-0.1, -0.05) is 19.1 Å². The molecule has 2 rings (SSSR count). The van der Waals surface area contributed by atoms with Crippen LogP contribution in [0.5, 0.6) is 0 Å². The van der Waals surface area contributed by atoms with Crippen LogP contribution in [0.1, 0.15) is 18.9 Å². The Labute approximate surface area is 99.9 Å². The summed E-state index contributed by atoms with van der Waals surface area (Å²) in [6.45, 7) is 2.33. The predicted molar refractivity (Wildman–Crippen MR) is 63.9 cm³/mol. The molecule has 0 bridgehead atoms. The number of rotatable bonds is 3. The van der Waals surface area contributed by atoms with Gasteiger partial charge in [-0.2, -0.15) is 0 Å². The molecule has 1 aliphatic rings. The Balaban J connectivity index is 2.22. The van der Waals surface area contributed by atoms with Gasteiger partial charge in [0.15, 0.2) is 0 Å². The smallest absolute Gasteiger partial charge is 0.308 e. The van der Waals surface area contributed by atoms with E-state index in [4.69, 9.17) is 5.11 Å². The second-order valence-corrected chi connectivity index (χ2v) is 4.27. The van der Waals surface area contributed by atoms with Crippen molar-refractivity contribution in [3.8, 4) is 0 Å². The highest BCUT2D eigenvalue weighted by molar-refractivity contribution is 5.99. The van der Waals surface area contributed by atoms with Gasteiger partial charge in [0.1, 0.15) is 0 Å². The number of hydrogen-bond donors (Lipinski definition) is 1. The Morgan fingerprint density at radius 1 is 1.53 bits per heavy atom. The third kappa shape index (κ3) is 2.30. The van der Waals surface area contributed by atoms with Crippen molar-refractivity contribution in [1.29, 1.82) is 0 Å². The van der Waals surface area contributed by atoms with Crippen molar-refractivity contribution < 1.29 is 14.7 Å². The number of carbonyl (C=O) groups is 2. The molecule has 1 fully saturated rings. The van der Waals surface area contributed by atoms with Gasteiger partial charge < -0.3 is 10.0 Å². The first-order valence-corrected chi connectivity index (χ1v) is 5.74. The van der Waals surface area contributed by atoms with Gasteiger partial charge in [-0.15, -0.1) is 0 Å². The maximum absolute atomic E-state index is 11.8. The van der Waals surface area contributed by atoms with Gasteiger partial charge in [-0.3, -0.25) is 9.59 Å². The van der Waals surface area contributed by atoms with Crippen LogP contribution in [0.15, 0.2) is 24.3 Å². The summed E-state index contributed by atoms with van der Waals surface area (Å²) in [4.78, 5) is 24.2. The highest BCUT2D eigenvalue weighted by Gasteiger charge is 2.34. The Morgan fingerprint density at radius 2 is 2.29 bits per heavy atom. The predicted octanol–water partition coefficient (Wildman–Crippen LogP) is 1.69.